The number of nitrogens with one attached hydrogen (secondary N) is 1. The molecule has 8 heteroatoms. The Morgan fingerprint density at radius 2 is 2.10 bits per heavy atom. The van der Waals surface area contributed by atoms with Crippen molar-refractivity contribution in [2.75, 3.05) is 7.11 Å². The summed E-state index contributed by atoms with van der Waals surface area (Å²) in [4.78, 5) is 30.3. The van der Waals surface area contributed by atoms with E-state index in [9.17, 15) is 9.18 Å². The molecule has 2 heterocycles. The van der Waals surface area contributed by atoms with Crippen molar-refractivity contribution in [3.8, 4) is 17.3 Å². The summed E-state index contributed by atoms with van der Waals surface area (Å²) >= 11 is 0. The van der Waals surface area contributed by atoms with Crippen LogP contribution in [0.25, 0.3) is 11.5 Å². The molecule has 1 unspecified atom stereocenters. The van der Waals surface area contributed by atoms with E-state index in [0.717, 1.165) is 24.1 Å². The van der Waals surface area contributed by atoms with Gasteiger partial charge in [-0.3, -0.25) is 9.78 Å². The molecule has 1 amide bonds. The van der Waals surface area contributed by atoms with E-state index in [4.69, 9.17) is 9.72 Å². The van der Waals surface area contributed by atoms with Crippen molar-refractivity contribution in [1.82, 2.24) is 25.3 Å². The molecule has 3 aromatic rings. The van der Waals surface area contributed by atoms with E-state index in [1.807, 2.05) is 0 Å². The van der Waals surface area contributed by atoms with Crippen LogP contribution >= 0.6 is 0 Å². The molecule has 0 radical (unpaired) electrons. The number of carbonyl (C=O) groups excluding carboxylic acids is 1. The van der Waals surface area contributed by atoms with Gasteiger partial charge < -0.3 is 10.1 Å². The minimum absolute atomic E-state index is 0.0504. The van der Waals surface area contributed by atoms with Gasteiger partial charge >= 0.3 is 0 Å². The van der Waals surface area contributed by atoms with E-state index in [1.165, 1.54) is 19.2 Å². The normalized spacial score (nSPS) is 17.0. The Labute approximate surface area is 180 Å². The Balaban J connectivity index is 1.55. The average Bonchev–Trinajstić information content (AvgIpc) is 2.73. The number of hydrogen-bond donors (Lipinski definition) is 1. The third-order valence-electron chi connectivity index (χ3n) is 5.39. The number of aromatic nitrogens is 4. The van der Waals surface area contributed by atoms with Crippen LogP contribution in [0.3, 0.4) is 0 Å². The van der Waals surface area contributed by atoms with Crippen LogP contribution in [0.15, 0.2) is 43.0 Å². The number of nitrogens with zero attached hydrogens (tertiary/aromatic N) is 4. The molecule has 0 bridgehead atoms. The van der Waals surface area contributed by atoms with Crippen LogP contribution in [0.4, 0.5) is 4.39 Å². The van der Waals surface area contributed by atoms with Crippen LogP contribution in [-0.2, 0) is 17.6 Å². The van der Waals surface area contributed by atoms with Gasteiger partial charge in [-0.1, -0.05) is 19.9 Å². The molecule has 1 aromatic carbocycles. The average molecular weight is 421 g/mol. The second-order valence-corrected chi connectivity index (χ2v) is 8.50. The first-order valence-electron chi connectivity index (χ1n) is 10.1. The van der Waals surface area contributed by atoms with Crippen molar-refractivity contribution in [2.24, 2.45) is 5.41 Å². The van der Waals surface area contributed by atoms with E-state index in [2.05, 4.69) is 34.1 Å². The molecular formula is C23H24FN5O2. The second-order valence-electron chi connectivity index (χ2n) is 8.50. The summed E-state index contributed by atoms with van der Waals surface area (Å²) in [6.45, 7) is 4.30. The fourth-order valence-electron chi connectivity index (χ4n) is 3.96. The third kappa shape index (κ3) is 4.68. The highest BCUT2D eigenvalue weighted by Gasteiger charge is 2.34. The molecule has 1 atom stereocenters. The Kier molecular flexibility index (Phi) is 5.63. The zero-order valence-corrected chi connectivity index (χ0v) is 17.7. The molecule has 1 N–H and O–H groups in total. The minimum atomic E-state index is -0.484. The Morgan fingerprint density at radius 1 is 1.26 bits per heavy atom. The molecule has 0 saturated carbocycles. The van der Waals surface area contributed by atoms with Crippen LogP contribution in [0, 0.1) is 11.2 Å². The number of ether oxygens (including phenoxy) is 1. The van der Waals surface area contributed by atoms with Gasteiger partial charge in [-0.15, -0.1) is 0 Å². The Bertz CT molecular complexity index is 1100. The molecular weight excluding hydrogens is 397 g/mol. The molecule has 0 fully saturated rings. The summed E-state index contributed by atoms with van der Waals surface area (Å²) in [6, 6.07) is 4.33. The van der Waals surface area contributed by atoms with Crippen molar-refractivity contribution in [3.63, 3.8) is 0 Å². The highest BCUT2D eigenvalue weighted by Crippen LogP contribution is 2.40. The lowest BCUT2D eigenvalue weighted by Gasteiger charge is -2.36. The predicted octanol–water partition coefficient (Wildman–Crippen LogP) is 3.45. The number of fused-ring (bicyclic) bond motifs is 1. The number of benzene rings is 1. The lowest BCUT2D eigenvalue weighted by Crippen LogP contribution is -2.37. The van der Waals surface area contributed by atoms with Crippen LogP contribution in [-0.4, -0.2) is 33.0 Å². The summed E-state index contributed by atoms with van der Waals surface area (Å²) in [7, 11) is 1.41. The van der Waals surface area contributed by atoms with Gasteiger partial charge in [-0.2, -0.15) is 0 Å². The van der Waals surface area contributed by atoms with Crippen molar-refractivity contribution >= 4 is 5.91 Å². The molecule has 2 aromatic heterocycles. The SMILES string of the molecule is COc1ccc(CC(=O)NC2CC(C)(C)Cc3nc(-c4cnccn4)ncc32)cc1F. The van der Waals surface area contributed by atoms with Crippen LogP contribution in [0.1, 0.15) is 43.1 Å². The summed E-state index contributed by atoms with van der Waals surface area (Å²) in [6.07, 6.45) is 8.21. The van der Waals surface area contributed by atoms with Gasteiger partial charge in [-0.05, 0) is 36.0 Å². The first kappa shape index (κ1) is 20.8. The maximum Gasteiger partial charge on any atom is 0.224 e. The summed E-state index contributed by atoms with van der Waals surface area (Å²) in [5.74, 6) is 0.00427. The largest absolute Gasteiger partial charge is 0.494 e. The van der Waals surface area contributed by atoms with Crippen molar-refractivity contribution < 1.29 is 13.9 Å². The van der Waals surface area contributed by atoms with Gasteiger partial charge in [0.2, 0.25) is 5.91 Å². The maximum absolute atomic E-state index is 14.0. The van der Waals surface area contributed by atoms with Crippen molar-refractivity contribution in [1.29, 1.82) is 0 Å². The van der Waals surface area contributed by atoms with E-state index < -0.39 is 5.82 Å². The lowest BCUT2D eigenvalue weighted by atomic mass is 9.74. The zero-order valence-electron chi connectivity index (χ0n) is 17.7. The van der Waals surface area contributed by atoms with Crippen molar-refractivity contribution in [3.05, 3.63) is 65.6 Å². The smallest absolute Gasteiger partial charge is 0.224 e. The fourth-order valence-corrected chi connectivity index (χ4v) is 3.96. The number of rotatable bonds is 5. The molecule has 1 aliphatic carbocycles. The molecule has 1 aliphatic rings. The van der Waals surface area contributed by atoms with Gasteiger partial charge in [0.1, 0.15) is 5.69 Å². The van der Waals surface area contributed by atoms with Crippen LogP contribution in [0.5, 0.6) is 5.75 Å². The van der Waals surface area contributed by atoms with E-state index in [-0.39, 0.29) is 29.5 Å². The summed E-state index contributed by atoms with van der Waals surface area (Å²) in [5.41, 5.74) is 2.94. The van der Waals surface area contributed by atoms with Crippen LogP contribution < -0.4 is 10.1 Å². The summed E-state index contributed by atoms with van der Waals surface area (Å²) < 4.78 is 18.9. The van der Waals surface area contributed by atoms with Gasteiger partial charge in [0, 0.05) is 24.2 Å². The first-order chi connectivity index (χ1) is 14.8. The lowest BCUT2D eigenvalue weighted by molar-refractivity contribution is -0.121. The number of amides is 1. The van der Waals surface area contributed by atoms with Gasteiger partial charge in [-0.25, -0.2) is 19.3 Å². The number of halogens is 1. The topological polar surface area (TPSA) is 89.9 Å². The first-order valence-corrected chi connectivity index (χ1v) is 10.1. The number of methoxy groups -OCH3 is 1. The quantitative estimate of drug-likeness (QED) is 0.679. The third-order valence-corrected chi connectivity index (χ3v) is 5.39. The number of carbonyl (C=O) groups is 1. The van der Waals surface area contributed by atoms with Gasteiger partial charge in [0.25, 0.3) is 0 Å². The predicted molar refractivity (Wildman–Crippen MR) is 113 cm³/mol. The monoisotopic (exact) mass is 421 g/mol. The summed E-state index contributed by atoms with van der Waals surface area (Å²) in [5, 5.41) is 3.09. The van der Waals surface area contributed by atoms with E-state index in [1.54, 1.807) is 30.9 Å². The molecule has 4 rings (SSSR count). The molecule has 31 heavy (non-hydrogen) atoms. The maximum atomic E-state index is 14.0. The molecule has 160 valence electrons. The van der Waals surface area contributed by atoms with Gasteiger partial charge in [0.05, 0.1) is 31.5 Å². The van der Waals surface area contributed by atoms with E-state index in [0.29, 0.717) is 17.1 Å². The Hall–Kier alpha value is -3.42. The highest BCUT2D eigenvalue weighted by atomic mass is 19.1. The Morgan fingerprint density at radius 3 is 2.81 bits per heavy atom. The molecule has 0 aliphatic heterocycles. The van der Waals surface area contributed by atoms with Gasteiger partial charge in [0.15, 0.2) is 17.4 Å². The highest BCUT2D eigenvalue weighted by molar-refractivity contribution is 5.79. The number of hydrogen-bond acceptors (Lipinski definition) is 6. The van der Waals surface area contributed by atoms with Crippen LogP contribution in [0.2, 0.25) is 0 Å². The second kappa shape index (κ2) is 8.37. The molecule has 0 spiro atoms. The molecule has 0 saturated heterocycles. The van der Waals surface area contributed by atoms with E-state index >= 15 is 0 Å². The van der Waals surface area contributed by atoms with Crippen molar-refractivity contribution in [2.45, 2.75) is 39.2 Å². The zero-order chi connectivity index (χ0) is 22.0. The fraction of sp³-hybridized carbons (Fsp3) is 0.348. The minimum Gasteiger partial charge on any atom is -0.494 e. The standard InChI is InChI=1S/C23H24FN5O2/c1-23(2)10-17(28-21(30)9-14-4-5-20(31-3)16(24)8-14)15-12-27-22(29-18(15)11-23)19-13-25-6-7-26-19/h4-8,12-13,17H,9-11H2,1-3H3,(H,28,30). The molecule has 7 nitrogen and oxygen atoms in total.